The molecule has 0 radical (unpaired) electrons. The first-order chi connectivity index (χ1) is 11.9. The SMILES string of the molecule is COc1cccc(C[NH+](C)CC(=O)Nc2cc(Cl)ccc2Cl)c1OC. The summed E-state index contributed by atoms with van der Waals surface area (Å²) in [6.45, 7) is 0.875. The summed E-state index contributed by atoms with van der Waals surface area (Å²) in [5.74, 6) is 1.20. The Morgan fingerprint density at radius 2 is 1.92 bits per heavy atom. The Labute approximate surface area is 157 Å². The summed E-state index contributed by atoms with van der Waals surface area (Å²) in [6, 6.07) is 10.6. The van der Waals surface area contributed by atoms with E-state index in [9.17, 15) is 4.79 Å². The van der Waals surface area contributed by atoms with Crippen LogP contribution in [-0.2, 0) is 11.3 Å². The van der Waals surface area contributed by atoms with Crippen LogP contribution in [-0.4, -0.2) is 33.7 Å². The van der Waals surface area contributed by atoms with Gasteiger partial charge in [-0.05, 0) is 30.3 Å². The van der Waals surface area contributed by atoms with Gasteiger partial charge in [0.05, 0.1) is 37.5 Å². The molecule has 0 aliphatic rings. The van der Waals surface area contributed by atoms with E-state index >= 15 is 0 Å². The zero-order valence-electron chi connectivity index (χ0n) is 14.4. The van der Waals surface area contributed by atoms with Crippen molar-refractivity contribution in [3.8, 4) is 11.5 Å². The van der Waals surface area contributed by atoms with Crippen molar-refractivity contribution in [1.82, 2.24) is 0 Å². The predicted octanol–water partition coefficient (Wildman–Crippen LogP) is 2.66. The average Bonchev–Trinajstić information content (AvgIpc) is 2.57. The standard InChI is InChI=1S/C18H20Cl2N2O3/c1-22(10-12-5-4-6-16(24-2)18(12)25-3)11-17(23)21-15-9-13(19)7-8-14(15)20/h4-9H,10-11H2,1-3H3,(H,21,23)/p+1. The molecule has 0 fully saturated rings. The Kier molecular flexibility index (Phi) is 6.93. The lowest BCUT2D eigenvalue weighted by Gasteiger charge is -2.17. The smallest absolute Gasteiger partial charge is 0.279 e. The van der Waals surface area contributed by atoms with Gasteiger partial charge < -0.3 is 19.7 Å². The van der Waals surface area contributed by atoms with Gasteiger partial charge in [-0.25, -0.2) is 0 Å². The molecule has 0 aliphatic carbocycles. The molecule has 1 atom stereocenters. The van der Waals surface area contributed by atoms with Crippen LogP contribution < -0.4 is 19.7 Å². The summed E-state index contributed by atoms with van der Waals surface area (Å²) in [7, 11) is 5.13. The maximum absolute atomic E-state index is 12.3. The number of anilines is 1. The summed E-state index contributed by atoms with van der Waals surface area (Å²) < 4.78 is 10.7. The fraction of sp³-hybridized carbons (Fsp3) is 0.278. The van der Waals surface area contributed by atoms with Crippen LogP contribution in [0.2, 0.25) is 10.0 Å². The molecule has 0 aromatic heterocycles. The van der Waals surface area contributed by atoms with E-state index in [0.29, 0.717) is 33.8 Å². The van der Waals surface area contributed by atoms with Crippen LogP contribution in [0.15, 0.2) is 36.4 Å². The van der Waals surface area contributed by atoms with Crippen LogP contribution in [0, 0.1) is 0 Å². The van der Waals surface area contributed by atoms with Crippen LogP contribution in [0.4, 0.5) is 5.69 Å². The Hall–Kier alpha value is -1.95. The van der Waals surface area contributed by atoms with Gasteiger partial charge in [0.15, 0.2) is 18.0 Å². The Morgan fingerprint density at radius 1 is 1.16 bits per heavy atom. The van der Waals surface area contributed by atoms with Crippen molar-refractivity contribution in [2.24, 2.45) is 0 Å². The number of carbonyl (C=O) groups is 1. The van der Waals surface area contributed by atoms with E-state index < -0.39 is 0 Å². The number of amides is 1. The van der Waals surface area contributed by atoms with Crippen molar-refractivity contribution in [2.45, 2.75) is 6.54 Å². The van der Waals surface area contributed by atoms with Gasteiger partial charge in [-0.3, -0.25) is 4.79 Å². The molecule has 0 saturated carbocycles. The van der Waals surface area contributed by atoms with Gasteiger partial charge in [-0.15, -0.1) is 0 Å². The highest BCUT2D eigenvalue weighted by Gasteiger charge is 2.16. The molecular formula is C18H21Cl2N2O3+. The lowest BCUT2D eigenvalue weighted by molar-refractivity contribution is -0.885. The number of likely N-dealkylation sites (N-methyl/N-ethyl adjacent to an activating group) is 1. The third-order valence-corrected chi connectivity index (χ3v) is 4.21. The number of hydrogen-bond acceptors (Lipinski definition) is 3. The second-order valence-corrected chi connectivity index (χ2v) is 6.48. The zero-order valence-corrected chi connectivity index (χ0v) is 15.9. The molecule has 0 saturated heterocycles. The van der Waals surface area contributed by atoms with Crippen molar-refractivity contribution in [3.63, 3.8) is 0 Å². The zero-order chi connectivity index (χ0) is 18.4. The maximum Gasteiger partial charge on any atom is 0.279 e. The number of rotatable bonds is 7. The Balaban J connectivity index is 2.01. The van der Waals surface area contributed by atoms with E-state index in [1.807, 2.05) is 25.2 Å². The highest BCUT2D eigenvalue weighted by Crippen LogP contribution is 2.30. The summed E-state index contributed by atoms with van der Waals surface area (Å²) in [5.41, 5.74) is 1.47. The second kappa shape index (κ2) is 8.94. The third kappa shape index (κ3) is 5.26. The van der Waals surface area contributed by atoms with Crippen LogP contribution >= 0.6 is 23.2 Å². The van der Waals surface area contributed by atoms with Crippen molar-refractivity contribution >= 4 is 34.8 Å². The second-order valence-electron chi connectivity index (χ2n) is 5.64. The van der Waals surface area contributed by atoms with Gasteiger partial charge in [0, 0.05) is 5.02 Å². The van der Waals surface area contributed by atoms with Gasteiger partial charge in [0.2, 0.25) is 0 Å². The van der Waals surface area contributed by atoms with E-state index in [1.54, 1.807) is 32.4 Å². The number of methoxy groups -OCH3 is 2. The van der Waals surface area contributed by atoms with Crippen molar-refractivity contribution < 1.29 is 19.2 Å². The Morgan fingerprint density at radius 3 is 2.60 bits per heavy atom. The Bertz CT molecular complexity index is 753. The number of quaternary nitrogens is 1. The summed E-state index contributed by atoms with van der Waals surface area (Å²) >= 11 is 12.0. The average molecular weight is 384 g/mol. The topological polar surface area (TPSA) is 52.0 Å². The van der Waals surface area contributed by atoms with E-state index in [1.165, 1.54) is 0 Å². The number of carbonyl (C=O) groups excluding carboxylic acids is 1. The van der Waals surface area contributed by atoms with E-state index in [0.717, 1.165) is 10.5 Å². The number of ether oxygens (including phenoxy) is 2. The van der Waals surface area contributed by atoms with Crippen LogP contribution in [0.5, 0.6) is 11.5 Å². The van der Waals surface area contributed by atoms with E-state index in [-0.39, 0.29) is 12.5 Å². The molecule has 25 heavy (non-hydrogen) atoms. The predicted molar refractivity (Wildman–Crippen MR) is 100 cm³/mol. The highest BCUT2D eigenvalue weighted by molar-refractivity contribution is 6.35. The minimum atomic E-state index is -0.150. The summed E-state index contributed by atoms with van der Waals surface area (Å²) in [4.78, 5) is 13.3. The summed E-state index contributed by atoms with van der Waals surface area (Å²) in [6.07, 6.45) is 0. The lowest BCUT2D eigenvalue weighted by Crippen LogP contribution is -3.08. The molecule has 0 aliphatic heterocycles. The fourth-order valence-corrected chi connectivity index (χ4v) is 2.88. The maximum atomic E-state index is 12.3. The van der Waals surface area contributed by atoms with Crippen molar-refractivity contribution in [1.29, 1.82) is 0 Å². The molecule has 5 nitrogen and oxygen atoms in total. The van der Waals surface area contributed by atoms with Crippen LogP contribution in [0.3, 0.4) is 0 Å². The monoisotopic (exact) mass is 383 g/mol. The first-order valence-corrected chi connectivity index (χ1v) is 8.46. The van der Waals surface area contributed by atoms with Crippen LogP contribution in [0.1, 0.15) is 5.56 Å². The van der Waals surface area contributed by atoms with E-state index in [4.69, 9.17) is 32.7 Å². The number of hydrogen-bond donors (Lipinski definition) is 2. The molecule has 7 heteroatoms. The van der Waals surface area contributed by atoms with Crippen LogP contribution in [0.25, 0.3) is 0 Å². The highest BCUT2D eigenvalue weighted by atomic mass is 35.5. The van der Waals surface area contributed by atoms with Crippen molar-refractivity contribution in [2.75, 3.05) is 33.1 Å². The van der Waals surface area contributed by atoms with E-state index in [2.05, 4.69) is 5.32 Å². The quantitative estimate of drug-likeness (QED) is 0.772. The molecular weight excluding hydrogens is 363 g/mol. The number of benzene rings is 2. The van der Waals surface area contributed by atoms with Gasteiger partial charge >= 0.3 is 0 Å². The lowest BCUT2D eigenvalue weighted by atomic mass is 10.1. The molecule has 1 unspecified atom stereocenters. The summed E-state index contributed by atoms with van der Waals surface area (Å²) in [5, 5.41) is 3.75. The molecule has 2 rings (SSSR count). The van der Waals surface area contributed by atoms with Crippen molar-refractivity contribution in [3.05, 3.63) is 52.0 Å². The van der Waals surface area contributed by atoms with Gasteiger partial charge in [0.1, 0.15) is 6.54 Å². The molecule has 1 amide bonds. The molecule has 134 valence electrons. The normalized spacial score (nSPS) is 11.7. The fourth-order valence-electron chi connectivity index (χ4n) is 2.54. The first-order valence-electron chi connectivity index (χ1n) is 7.70. The number of halogens is 2. The molecule has 0 spiro atoms. The van der Waals surface area contributed by atoms with Gasteiger partial charge in [0.25, 0.3) is 5.91 Å². The largest absolute Gasteiger partial charge is 0.493 e. The number of para-hydroxylation sites is 1. The molecule has 0 bridgehead atoms. The molecule has 2 aromatic carbocycles. The first kappa shape index (κ1) is 19.4. The molecule has 0 heterocycles. The minimum Gasteiger partial charge on any atom is -0.493 e. The molecule has 2 aromatic rings. The molecule has 2 N–H and O–H groups in total. The third-order valence-electron chi connectivity index (χ3n) is 3.64. The van der Waals surface area contributed by atoms with Gasteiger partial charge in [-0.2, -0.15) is 0 Å². The minimum absolute atomic E-state index is 0.150. The van der Waals surface area contributed by atoms with Gasteiger partial charge in [-0.1, -0.05) is 29.3 Å². The number of nitrogens with one attached hydrogen (secondary N) is 2.